The maximum absolute atomic E-state index is 14.1. The molecule has 1 rings (SSSR count). The van der Waals surface area contributed by atoms with E-state index in [0.29, 0.717) is 11.1 Å². The normalized spacial score (nSPS) is 14.2. The van der Waals surface area contributed by atoms with E-state index in [1.807, 2.05) is 62.3 Å². The average Bonchev–Trinajstić information content (AvgIpc) is 2.49. The lowest BCUT2D eigenvalue weighted by Gasteiger charge is -2.33. The van der Waals surface area contributed by atoms with E-state index in [9.17, 15) is 22.5 Å². The predicted molar refractivity (Wildman–Crippen MR) is 107 cm³/mol. The Labute approximate surface area is 176 Å². The van der Waals surface area contributed by atoms with Crippen LogP contribution in [0.2, 0.25) is 0 Å². The van der Waals surface area contributed by atoms with Crippen molar-refractivity contribution in [2.75, 3.05) is 0 Å². The monoisotopic (exact) mass is 455 g/mol. The fourth-order valence-electron chi connectivity index (χ4n) is 2.52. The quantitative estimate of drug-likeness (QED) is 0.266. The molecule has 0 saturated heterocycles. The highest BCUT2D eigenvalue weighted by Gasteiger charge is 2.51. The van der Waals surface area contributed by atoms with Crippen LogP contribution in [0.25, 0.3) is 0 Å². The molecule has 1 aromatic rings. The minimum absolute atomic E-state index is 0.152. The lowest BCUT2D eigenvalue weighted by molar-refractivity contribution is -0.777. The molecule has 0 saturated carbocycles. The summed E-state index contributed by atoms with van der Waals surface area (Å²) in [6.45, 7) is 17.0. The maximum atomic E-state index is 14.1. The Morgan fingerprint density at radius 3 is 1.59 bits per heavy atom. The highest BCUT2D eigenvalue weighted by molar-refractivity contribution is 8.09. The lowest BCUT2D eigenvalue weighted by Crippen LogP contribution is -2.32. The molecule has 0 aliphatic carbocycles. The third-order valence-corrected chi connectivity index (χ3v) is 6.32. The zero-order chi connectivity index (χ0) is 23.1. The van der Waals surface area contributed by atoms with Crippen molar-refractivity contribution in [2.24, 2.45) is 0 Å². The molecule has 6 nitrogen and oxygen atoms in total. The number of halogens is 2. The molecule has 0 aliphatic rings. The van der Waals surface area contributed by atoms with Gasteiger partial charge in [-0.15, -0.1) is 0 Å². The number of hydrogen-bond acceptors (Lipinski definition) is 7. The van der Waals surface area contributed by atoms with E-state index < -0.39 is 37.6 Å². The van der Waals surface area contributed by atoms with E-state index in [0.717, 1.165) is 5.56 Å². The van der Waals surface area contributed by atoms with Gasteiger partial charge in [0.25, 0.3) is 0 Å². The number of alkyl halides is 2. The number of rotatable bonds is 6. The molecule has 0 unspecified atom stereocenters. The largest absolute Gasteiger partial charge is 0.691 e. The van der Waals surface area contributed by atoms with Crippen molar-refractivity contribution in [3.8, 4) is 5.75 Å². The average molecular weight is 456 g/mol. The molecule has 0 amide bonds. The smallest absolute Gasteiger partial charge is 0.456 e. The van der Waals surface area contributed by atoms with Crippen molar-refractivity contribution in [1.82, 2.24) is 0 Å². The summed E-state index contributed by atoms with van der Waals surface area (Å²) >= 11 is -0.942. The van der Waals surface area contributed by atoms with Gasteiger partial charge in [-0.1, -0.05) is 74.4 Å². The van der Waals surface area contributed by atoms with Crippen LogP contribution in [0.3, 0.4) is 0 Å². The summed E-state index contributed by atoms with van der Waals surface area (Å²) < 4.78 is 56.9. The van der Waals surface area contributed by atoms with Gasteiger partial charge in [0.2, 0.25) is 0 Å². The van der Waals surface area contributed by atoms with Crippen LogP contribution in [0, 0.1) is 0 Å². The van der Waals surface area contributed by atoms with Gasteiger partial charge in [0.05, 0.1) is 0 Å². The summed E-state index contributed by atoms with van der Waals surface area (Å²) in [5, 5.41) is 12.7. The van der Waals surface area contributed by atoms with Crippen LogP contribution in [-0.2, 0) is 35.7 Å². The van der Waals surface area contributed by atoms with Crippen LogP contribution in [0.4, 0.5) is 8.78 Å². The van der Waals surface area contributed by atoms with Gasteiger partial charge < -0.3 is 9.44 Å². The first-order valence-electron chi connectivity index (χ1n) is 8.90. The van der Waals surface area contributed by atoms with Gasteiger partial charge in [-0.25, -0.2) is 0 Å². The lowest BCUT2D eigenvalue weighted by atomic mass is 9.75. The zero-order valence-corrected chi connectivity index (χ0v) is 19.8. The minimum atomic E-state index is -5.51. The Bertz CT molecular complexity index is 797. The Kier molecular flexibility index (Phi) is 7.47. The molecule has 0 atom stereocenters. The second-order valence-corrected chi connectivity index (χ2v) is 12.5. The SMILES string of the molecule is CC(C)(C)c1cc(C(C)(C)C)c(OS(=O)(=O)C(F)(F)SOO[O-])c(C(C)(C)C)c1. The Morgan fingerprint density at radius 1 is 0.862 bits per heavy atom. The summed E-state index contributed by atoms with van der Waals surface area (Å²) in [6, 6.07) is 3.56. The highest BCUT2D eigenvalue weighted by atomic mass is 32.3. The predicted octanol–water partition coefficient (Wildman–Crippen LogP) is 4.71. The van der Waals surface area contributed by atoms with Gasteiger partial charge in [0, 0.05) is 11.1 Å². The minimum Gasteiger partial charge on any atom is -0.691 e. The van der Waals surface area contributed by atoms with Crippen molar-refractivity contribution in [3.05, 3.63) is 28.8 Å². The first kappa shape index (κ1) is 26.1. The molecule has 29 heavy (non-hydrogen) atoms. The molecule has 0 radical (unpaired) electrons. The highest BCUT2D eigenvalue weighted by Crippen LogP contribution is 2.45. The molecule has 0 spiro atoms. The second kappa shape index (κ2) is 8.30. The molecule has 0 fully saturated rings. The first-order chi connectivity index (χ1) is 12.7. The topological polar surface area (TPSA) is 84.9 Å². The van der Waals surface area contributed by atoms with Crippen LogP contribution in [0.5, 0.6) is 5.75 Å². The van der Waals surface area contributed by atoms with Crippen LogP contribution >= 0.6 is 12.0 Å². The molecule has 0 aliphatic heterocycles. The first-order valence-corrected chi connectivity index (χ1v) is 11.0. The summed E-state index contributed by atoms with van der Waals surface area (Å²) in [5.74, 6) is -0.152. The van der Waals surface area contributed by atoms with Gasteiger partial charge in [0.15, 0.2) is 0 Å². The summed E-state index contributed by atoms with van der Waals surface area (Å²) in [4.78, 5) is 0. The van der Waals surface area contributed by atoms with Gasteiger partial charge >= 0.3 is 14.7 Å². The molecule has 168 valence electrons. The van der Waals surface area contributed by atoms with E-state index in [-0.39, 0.29) is 11.2 Å². The third-order valence-electron chi connectivity index (χ3n) is 4.21. The summed E-state index contributed by atoms with van der Waals surface area (Å²) in [6.07, 6.45) is 0. The standard InChI is InChI=1S/C19H30F2O6S2/c1-16(2,3)12-10-13(17(4,5)6)15(14(11-12)18(7,8)9)25-29(23,24)19(20,21)28-27-26-22/h10-11,22H,1-9H3/p-1. The third kappa shape index (κ3) is 6.27. The fraction of sp³-hybridized carbons (Fsp3) is 0.684. The van der Waals surface area contributed by atoms with Crippen molar-refractivity contribution in [3.63, 3.8) is 0 Å². The van der Waals surface area contributed by atoms with E-state index >= 15 is 0 Å². The number of benzene rings is 1. The molecule has 10 heteroatoms. The van der Waals surface area contributed by atoms with Gasteiger partial charge in [-0.05, 0) is 21.8 Å². The second-order valence-electron chi connectivity index (χ2n) is 9.87. The Morgan fingerprint density at radius 2 is 1.28 bits per heavy atom. The van der Waals surface area contributed by atoms with Crippen LogP contribution in [-0.4, -0.2) is 13.0 Å². The molecular weight excluding hydrogens is 426 g/mol. The molecular formula is C19H29F2O6S2-. The Balaban J connectivity index is 3.80. The van der Waals surface area contributed by atoms with E-state index in [4.69, 9.17) is 4.18 Å². The van der Waals surface area contributed by atoms with E-state index in [2.05, 4.69) is 9.37 Å². The van der Waals surface area contributed by atoms with Crippen molar-refractivity contribution in [2.45, 2.75) is 83.1 Å². The van der Waals surface area contributed by atoms with Crippen LogP contribution in [0.1, 0.15) is 79.0 Å². The molecule has 0 bridgehead atoms. The van der Waals surface area contributed by atoms with Crippen molar-refractivity contribution < 1.29 is 36.0 Å². The molecule has 0 aromatic heterocycles. The van der Waals surface area contributed by atoms with E-state index in [1.54, 1.807) is 12.1 Å². The zero-order valence-electron chi connectivity index (χ0n) is 18.2. The van der Waals surface area contributed by atoms with Crippen LogP contribution < -0.4 is 9.44 Å². The molecule has 0 N–H and O–H groups in total. The van der Waals surface area contributed by atoms with Gasteiger partial charge in [0.1, 0.15) is 17.8 Å². The number of hydrogen-bond donors (Lipinski definition) is 0. The van der Waals surface area contributed by atoms with Crippen molar-refractivity contribution in [1.29, 1.82) is 0 Å². The van der Waals surface area contributed by atoms with Crippen molar-refractivity contribution >= 4 is 22.2 Å². The molecule has 1 aromatic carbocycles. The summed E-state index contributed by atoms with van der Waals surface area (Å²) in [5.41, 5.74) is 0.379. The summed E-state index contributed by atoms with van der Waals surface area (Å²) in [7, 11) is -5.51. The van der Waals surface area contributed by atoms with Gasteiger partial charge in [-0.3, -0.25) is 5.04 Å². The fourth-order valence-corrected chi connectivity index (χ4v) is 3.64. The Hall–Kier alpha value is -0.940. The maximum Gasteiger partial charge on any atom is 0.456 e. The molecule has 0 heterocycles. The van der Waals surface area contributed by atoms with E-state index in [1.165, 1.54) is 0 Å². The van der Waals surface area contributed by atoms with Gasteiger partial charge in [-0.2, -0.15) is 21.5 Å². The van der Waals surface area contributed by atoms with Crippen LogP contribution in [0.15, 0.2) is 12.1 Å².